The Kier molecular flexibility index (Phi) is 4.27. The maximum Gasteiger partial charge on any atom is 0.255 e. The molecule has 0 bridgehead atoms. The molecule has 1 aromatic heterocycles. The zero-order valence-corrected chi connectivity index (χ0v) is 11.0. The van der Waals surface area contributed by atoms with Gasteiger partial charge in [0.2, 0.25) is 0 Å². The average Bonchev–Trinajstić information content (AvgIpc) is 2.48. The highest BCUT2D eigenvalue weighted by Crippen LogP contribution is 2.16. The molecule has 2 rings (SSSR count). The van der Waals surface area contributed by atoms with Crippen molar-refractivity contribution in [1.29, 1.82) is 0 Å². The number of pyridine rings is 1. The summed E-state index contributed by atoms with van der Waals surface area (Å²) in [6.07, 6.45) is 0.662. The first-order valence-corrected chi connectivity index (χ1v) is 6.17. The normalized spacial score (nSPS) is 10.2. The van der Waals surface area contributed by atoms with E-state index in [0.717, 1.165) is 5.69 Å². The van der Waals surface area contributed by atoms with Gasteiger partial charge in [-0.25, -0.2) is 15.2 Å². The predicted molar refractivity (Wildman–Crippen MR) is 75.8 cm³/mol. The molecule has 5 nitrogen and oxygen atoms in total. The molecule has 0 saturated heterocycles. The molecule has 104 valence electrons. The van der Waals surface area contributed by atoms with Gasteiger partial charge in [-0.15, -0.1) is 0 Å². The van der Waals surface area contributed by atoms with Crippen molar-refractivity contribution in [2.24, 2.45) is 5.84 Å². The Morgan fingerprint density at radius 3 is 2.75 bits per heavy atom. The number of nitrogens with two attached hydrogens (primary N) is 1. The van der Waals surface area contributed by atoms with Gasteiger partial charge in [-0.3, -0.25) is 4.79 Å². The van der Waals surface area contributed by atoms with Gasteiger partial charge in [0, 0.05) is 11.3 Å². The molecule has 20 heavy (non-hydrogen) atoms. The number of nitrogens with one attached hydrogen (secondary N) is 2. The number of aryl methyl sites for hydroxylation is 1. The van der Waals surface area contributed by atoms with Crippen molar-refractivity contribution in [2.75, 3.05) is 10.7 Å². The lowest BCUT2D eigenvalue weighted by Crippen LogP contribution is -2.16. The van der Waals surface area contributed by atoms with Crippen LogP contribution in [0.25, 0.3) is 0 Å². The van der Waals surface area contributed by atoms with E-state index in [2.05, 4.69) is 15.7 Å². The molecular formula is C14H15FN4O. The van der Waals surface area contributed by atoms with Gasteiger partial charge < -0.3 is 10.7 Å². The Hall–Kier alpha value is -2.47. The Labute approximate surface area is 116 Å². The van der Waals surface area contributed by atoms with E-state index < -0.39 is 11.7 Å². The molecule has 1 aromatic carbocycles. The van der Waals surface area contributed by atoms with Crippen LogP contribution in [0, 0.1) is 5.82 Å². The van der Waals surface area contributed by atoms with Gasteiger partial charge in [0.25, 0.3) is 5.91 Å². The van der Waals surface area contributed by atoms with Crippen LogP contribution in [0.2, 0.25) is 0 Å². The van der Waals surface area contributed by atoms with Gasteiger partial charge in [0.1, 0.15) is 11.6 Å². The first-order chi connectivity index (χ1) is 9.63. The van der Waals surface area contributed by atoms with Gasteiger partial charge in [-0.1, -0.05) is 19.1 Å². The second kappa shape index (κ2) is 6.12. The highest BCUT2D eigenvalue weighted by molar-refractivity contribution is 6.04. The van der Waals surface area contributed by atoms with Crippen LogP contribution in [-0.2, 0) is 6.42 Å². The molecule has 0 atom stereocenters. The number of nitrogens with zero attached hydrogens (tertiary/aromatic N) is 1. The van der Waals surface area contributed by atoms with Gasteiger partial charge in [0.05, 0.1) is 5.69 Å². The van der Waals surface area contributed by atoms with Crippen molar-refractivity contribution in [1.82, 2.24) is 4.98 Å². The SMILES string of the molecule is CCc1cc(C(=O)Nc2ccccc2F)cc(NN)n1. The lowest BCUT2D eigenvalue weighted by molar-refractivity contribution is 0.102. The number of aromatic nitrogens is 1. The molecule has 4 N–H and O–H groups in total. The summed E-state index contributed by atoms with van der Waals surface area (Å²) >= 11 is 0. The molecule has 0 spiro atoms. The highest BCUT2D eigenvalue weighted by Gasteiger charge is 2.11. The van der Waals surface area contributed by atoms with E-state index in [1.807, 2.05) is 6.92 Å². The van der Waals surface area contributed by atoms with E-state index in [9.17, 15) is 9.18 Å². The van der Waals surface area contributed by atoms with E-state index in [0.29, 0.717) is 17.8 Å². The maximum atomic E-state index is 13.5. The van der Waals surface area contributed by atoms with Crippen molar-refractivity contribution in [3.63, 3.8) is 0 Å². The summed E-state index contributed by atoms with van der Waals surface area (Å²) in [4.78, 5) is 16.3. The molecule has 0 aliphatic rings. The van der Waals surface area contributed by atoms with Crippen LogP contribution >= 0.6 is 0 Å². The third-order valence-electron chi connectivity index (χ3n) is 2.77. The van der Waals surface area contributed by atoms with Gasteiger partial charge in [0.15, 0.2) is 0 Å². The maximum absolute atomic E-state index is 13.5. The predicted octanol–water partition coefficient (Wildman–Crippen LogP) is 2.32. The van der Waals surface area contributed by atoms with E-state index in [4.69, 9.17) is 5.84 Å². The summed E-state index contributed by atoms with van der Waals surface area (Å²) in [5, 5.41) is 2.52. The molecule has 0 aliphatic carbocycles. The van der Waals surface area contributed by atoms with Crippen LogP contribution in [0.1, 0.15) is 23.0 Å². The number of nitrogen functional groups attached to an aromatic ring is 1. The van der Waals surface area contributed by atoms with Crippen molar-refractivity contribution in [2.45, 2.75) is 13.3 Å². The quantitative estimate of drug-likeness (QED) is 0.590. The summed E-state index contributed by atoms with van der Waals surface area (Å²) in [5.41, 5.74) is 3.63. The lowest BCUT2D eigenvalue weighted by Gasteiger charge is -2.09. The third kappa shape index (κ3) is 3.10. The minimum atomic E-state index is -0.484. The van der Waals surface area contributed by atoms with Crippen molar-refractivity contribution in [3.05, 3.63) is 53.5 Å². The fraction of sp³-hybridized carbons (Fsp3) is 0.143. The summed E-state index contributed by atoms with van der Waals surface area (Å²) in [6.45, 7) is 1.92. The van der Waals surface area contributed by atoms with Crippen LogP contribution in [-0.4, -0.2) is 10.9 Å². The largest absolute Gasteiger partial charge is 0.319 e. The van der Waals surface area contributed by atoms with E-state index in [1.165, 1.54) is 18.2 Å². The fourth-order valence-electron chi connectivity index (χ4n) is 1.73. The standard InChI is InChI=1S/C14H15FN4O/c1-2-10-7-9(8-13(17-10)19-16)14(20)18-12-6-4-3-5-11(12)15/h3-8H,2,16H2,1H3,(H,17,19)(H,18,20). The second-order valence-electron chi connectivity index (χ2n) is 4.16. The van der Waals surface area contributed by atoms with Crippen molar-refractivity contribution in [3.8, 4) is 0 Å². The molecule has 0 aliphatic heterocycles. The molecule has 1 heterocycles. The number of benzene rings is 1. The molecular weight excluding hydrogens is 259 g/mol. The molecule has 6 heteroatoms. The Balaban J connectivity index is 2.27. The number of carbonyl (C=O) groups excluding carboxylic acids is 1. The Morgan fingerprint density at radius 1 is 1.35 bits per heavy atom. The van der Waals surface area contributed by atoms with Gasteiger partial charge in [-0.2, -0.15) is 0 Å². The summed E-state index contributed by atoms with van der Waals surface area (Å²) < 4.78 is 13.5. The molecule has 0 fully saturated rings. The molecule has 0 unspecified atom stereocenters. The number of hydrogen-bond acceptors (Lipinski definition) is 4. The molecule has 0 radical (unpaired) electrons. The number of carbonyl (C=O) groups is 1. The van der Waals surface area contributed by atoms with Gasteiger partial charge in [-0.05, 0) is 30.7 Å². The summed E-state index contributed by atoms with van der Waals surface area (Å²) in [7, 11) is 0. The second-order valence-corrected chi connectivity index (χ2v) is 4.16. The minimum absolute atomic E-state index is 0.134. The van der Waals surface area contributed by atoms with E-state index in [1.54, 1.807) is 18.2 Å². The van der Waals surface area contributed by atoms with Crippen LogP contribution in [0.3, 0.4) is 0 Å². The van der Waals surface area contributed by atoms with Crippen LogP contribution in [0.5, 0.6) is 0 Å². The molecule has 0 saturated carbocycles. The minimum Gasteiger partial charge on any atom is -0.319 e. The summed E-state index contributed by atoms with van der Waals surface area (Å²) in [5.74, 6) is 4.81. The number of halogens is 1. The van der Waals surface area contributed by atoms with Crippen LogP contribution in [0.15, 0.2) is 36.4 Å². The van der Waals surface area contributed by atoms with Crippen molar-refractivity contribution >= 4 is 17.4 Å². The number of hydrogen-bond donors (Lipinski definition) is 3. The lowest BCUT2D eigenvalue weighted by atomic mass is 10.1. The van der Waals surface area contributed by atoms with E-state index in [-0.39, 0.29) is 5.69 Å². The monoisotopic (exact) mass is 274 g/mol. The zero-order chi connectivity index (χ0) is 14.5. The van der Waals surface area contributed by atoms with Crippen molar-refractivity contribution < 1.29 is 9.18 Å². The smallest absolute Gasteiger partial charge is 0.255 e. The first kappa shape index (κ1) is 14.0. The summed E-state index contributed by atoms with van der Waals surface area (Å²) in [6, 6.07) is 9.15. The Morgan fingerprint density at radius 2 is 2.10 bits per heavy atom. The number of hydrazine groups is 1. The fourth-order valence-corrected chi connectivity index (χ4v) is 1.73. The van der Waals surface area contributed by atoms with Crippen LogP contribution in [0.4, 0.5) is 15.9 Å². The highest BCUT2D eigenvalue weighted by atomic mass is 19.1. The zero-order valence-electron chi connectivity index (χ0n) is 11.0. The molecule has 1 amide bonds. The van der Waals surface area contributed by atoms with Gasteiger partial charge >= 0.3 is 0 Å². The topological polar surface area (TPSA) is 80.0 Å². The first-order valence-electron chi connectivity index (χ1n) is 6.17. The van der Waals surface area contributed by atoms with Crippen LogP contribution < -0.4 is 16.6 Å². The number of para-hydroxylation sites is 1. The van der Waals surface area contributed by atoms with E-state index >= 15 is 0 Å². The number of amides is 1. The molecule has 2 aromatic rings. The average molecular weight is 274 g/mol. The number of anilines is 2. The number of rotatable bonds is 4. The Bertz CT molecular complexity index is 608. The third-order valence-corrected chi connectivity index (χ3v) is 2.77.